The number of nitrogens with one attached hydrogen (secondary N) is 1. The van der Waals surface area contributed by atoms with Gasteiger partial charge in [0.1, 0.15) is 0 Å². The fraction of sp³-hybridized carbons (Fsp3) is 0.750. The zero-order valence-corrected chi connectivity index (χ0v) is 13.4. The number of nitrogens with zero attached hydrogens (tertiary/aromatic N) is 1. The SMILES string of the molecule is CCN1CCCC(NCC(C)(C)c2cccs2)CC1. The Morgan fingerprint density at radius 1 is 1.37 bits per heavy atom. The van der Waals surface area contributed by atoms with Gasteiger partial charge in [0.25, 0.3) is 0 Å². The van der Waals surface area contributed by atoms with Crippen LogP contribution in [0.4, 0.5) is 0 Å². The highest BCUT2D eigenvalue weighted by molar-refractivity contribution is 7.10. The van der Waals surface area contributed by atoms with Crippen molar-refractivity contribution in [2.75, 3.05) is 26.2 Å². The lowest BCUT2D eigenvalue weighted by Gasteiger charge is -2.27. The van der Waals surface area contributed by atoms with Gasteiger partial charge >= 0.3 is 0 Å². The molecular weight excluding hydrogens is 252 g/mol. The maximum absolute atomic E-state index is 3.81. The van der Waals surface area contributed by atoms with Gasteiger partial charge in [-0.1, -0.05) is 26.8 Å². The number of hydrogen-bond acceptors (Lipinski definition) is 3. The van der Waals surface area contributed by atoms with E-state index >= 15 is 0 Å². The summed E-state index contributed by atoms with van der Waals surface area (Å²) in [6, 6.07) is 5.13. The largest absolute Gasteiger partial charge is 0.313 e. The van der Waals surface area contributed by atoms with Gasteiger partial charge in [0.15, 0.2) is 0 Å². The Morgan fingerprint density at radius 2 is 2.21 bits per heavy atom. The molecule has 1 aromatic heterocycles. The molecule has 2 heterocycles. The molecule has 0 aliphatic carbocycles. The van der Waals surface area contributed by atoms with Crippen LogP contribution in [0, 0.1) is 0 Å². The second kappa shape index (κ2) is 6.87. The van der Waals surface area contributed by atoms with E-state index in [1.54, 1.807) is 0 Å². The van der Waals surface area contributed by atoms with Gasteiger partial charge in [0.05, 0.1) is 0 Å². The Bertz CT molecular complexity index is 359. The predicted octanol–water partition coefficient (Wildman–Crippen LogP) is 3.49. The smallest absolute Gasteiger partial charge is 0.0115 e. The Kier molecular flexibility index (Phi) is 5.43. The van der Waals surface area contributed by atoms with E-state index < -0.39 is 0 Å². The van der Waals surface area contributed by atoms with Crippen molar-refractivity contribution >= 4 is 11.3 Å². The van der Waals surface area contributed by atoms with Crippen molar-refractivity contribution in [3.8, 4) is 0 Å². The van der Waals surface area contributed by atoms with Crippen LogP contribution < -0.4 is 5.32 Å². The molecule has 2 rings (SSSR count). The van der Waals surface area contributed by atoms with E-state index in [9.17, 15) is 0 Å². The van der Waals surface area contributed by atoms with Crippen LogP contribution in [0.2, 0.25) is 0 Å². The van der Waals surface area contributed by atoms with Gasteiger partial charge in [-0.2, -0.15) is 0 Å². The Balaban J connectivity index is 1.82. The van der Waals surface area contributed by atoms with Gasteiger partial charge in [-0.05, 0) is 50.3 Å². The van der Waals surface area contributed by atoms with Crippen molar-refractivity contribution < 1.29 is 0 Å². The maximum atomic E-state index is 3.81. The van der Waals surface area contributed by atoms with Gasteiger partial charge in [-0.25, -0.2) is 0 Å². The van der Waals surface area contributed by atoms with Crippen LogP contribution in [0.1, 0.15) is 44.9 Å². The molecular formula is C16H28N2S. The van der Waals surface area contributed by atoms with Crippen molar-refractivity contribution in [1.82, 2.24) is 10.2 Å². The highest BCUT2D eigenvalue weighted by atomic mass is 32.1. The lowest BCUT2D eigenvalue weighted by atomic mass is 9.91. The summed E-state index contributed by atoms with van der Waals surface area (Å²) in [5, 5.41) is 6.00. The van der Waals surface area contributed by atoms with Gasteiger partial charge in [0, 0.05) is 22.9 Å². The van der Waals surface area contributed by atoms with Crippen LogP contribution in [0.15, 0.2) is 17.5 Å². The van der Waals surface area contributed by atoms with Crippen molar-refractivity contribution in [2.45, 2.75) is 51.5 Å². The molecule has 1 saturated heterocycles. The molecule has 1 aliphatic rings. The molecule has 0 amide bonds. The summed E-state index contributed by atoms with van der Waals surface area (Å²) < 4.78 is 0. The number of likely N-dealkylation sites (tertiary alicyclic amines) is 1. The Labute approximate surface area is 122 Å². The Morgan fingerprint density at radius 3 is 2.89 bits per heavy atom. The monoisotopic (exact) mass is 280 g/mol. The summed E-state index contributed by atoms with van der Waals surface area (Å²) in [6.07, 6.45) is 3.97. The van der Waals surface area contributed by atoms with Crippen molar-refractivity contribution in [3.05, 3.63) is 22.4 Å². The second-order valence-corrected chi connectivity index (χ2v) is 7.25. The quantitative estimate of drug-likeness (QED) is 0.888. The summed E-state index contributed by atoms with van der Waals surface area (Å²) in [6.45, 7) is 11.8. The summed E-state index contributed by atoms with van der Waals surface area (Å²) in [5.41, 5.74) is 0.255. The Hall–Kier alpha value is -0.380. The molecule has 1 aromatic rings. The minimum absolute atomic E-state index is 0.255. The average Bonchev–Trinajstić information content (AvgIpc) is 2.84. The van der Waals surface area contributed by atoms with Crippen LogP contribution in [0.5, 0.6) is 0 Å². The molecule has 1 N–H and O–H groups in total. The first kappa shape index (κ1) is 15.0. The highest BCUT2D eigenvalue weighted by Crippen LogP contribution is 2.27. The topological polar surface area (TPSA) is 15.3 Å². The van der Waals surface area contributed by atoms with Gasteiger partial charge in [-0.15, -0.1) is 11.3 Å². The van der Waals surface area contributed by atoms with E-state index in [1.807, 2.05) is 11.3 Å². The third-order valence-corrected chi connectivity index (χ3v) is 5.52. The number of hydrogen-bond donors (Lipinski definition) is 1. The van der Waals surface area contributed by atoms with Crippen molar-refractivity contribution in [3.63, 3.8) is 0 Å². The molecule has 1 atom stereocenters. The van der Waals surface area contributed by atoms with Gasteiger partial charge in [0.2, 0.25) is 0 Å². The summed E-state index contributed by atoms with van der Waals surface area (Å²) in [5.74, 6) is 0. The van der Waals surface area contributed by atoms with E-state index in [0.717, 1.165) is 6.54 Å². The van der Waals surface area contributed by atoms with Crippen LogP contribution in [0.3, 0.4) is 0 Å². The molecule has 1 fully saturated rings. The van der Waals surface area contributed by atoms with E-state index in [4.69, 9.17) is 0 Å². The molecule has 2 nitrogen and oxygen atoms in total. The third-order valence-electron chi connectivity index (χ3n) is 4.29. The van der Waals surface area contributed by atoms with Crippen LogP contribution >= 0.6 is 11.3 Å². The first-order valence-corrected chi connectivity index (χ1v) is 8.49. The minimum Gasteiger partial charge on any atom is -0.313 e. The van der Waals surface area contributed by atoms with Gasteiger partial charge < -0.3 is 10.2 Å². The first-order chi connectivity index (χ1) is 9.12. The minimum atomic E-state index is 0.255. The maximum Gasteiger partial charge on any atom is 0.0115 e. The molecule has 1 aliphatic heterocycles. The number of rotatable bonds is 5. The molecule has 0 saturated carbocycles. The third kappa shape index (κ3) is 4.30. The fourth-order valence-corrected chi connectivity index (χ4v) is 3.68. The summed E-state index contributed by atoms with van der Waals surface area (Å²) in [4.78, 5) is 4.07. The van der Waals surface area contributed by atoms with E-state index in [-0.39, 0.29) is 5.41 Å². The fourth-order valence-electron chi connectivity index (χ4n) is 2.83. The van der Waals surface area contributed by atoms with E-state index in [2.05, 4.69) is 48.5 Å². The average molecular weight is 280 g/mol. The molecule has 0 spiro atoms. The number of thiophene rings is 1. The van der Waals surface area contributed by atoms with E-state index in [0.29, 0.717) is 6.04 Å². The summed E-state index contributed by atoms with van der Waals surface area (Å²) in [7, 11) is 0. The first-order valence-electron chi connectivity index (χ1n) is 7.61. The molecule has 108 valence electrons. The van der Waals surface area contributed by atoms with Crippen molar-refractivity contribution in [2.24, 2.45) is 0 Å². The zero-order valence-electron chi connectivity index (χ0n) is 12.6. The lowest BCUT2D eigenvalue weighted by molar-refractivity contribution is 0.296. The molecule has 0 radical (unpaired) electrons. The predicted molar refractivity (Wildman–Crippen MR) is 85.1 cm³/mol. The zero-order chi connectivity index (χ0) is 13.7. The van der Waals surface area contributed by atoms with Crippen LogP contribution in [0.25, 0.3) is 0 Å². The van der Waals surface area contributed by atoms with Crippen LogP contribution in [-0.4, -0.2) is 37.1 Å². The molecule has 0 bridgehead atoms. The standard InChI is InChI=1S/C16H28N2S/c1-4-18-10-5-7-14(9-11-18)17-13-16(2,3)15-8-6-12-19-15/h6,8,12,14,17H,4-5,7,9-11,13H2,1-3H3. The van der Waals surface area contributed by atoms with Crippen LogP contribution in [-0.2, 0) is 5.41 Å². The van der Waals surface area contributed by atoms with E-state index in [1.165, 1.54) is 43.8 Å². The highest BCUT2D eigenvalue weighted by Gasteiger charge is 2.23. The normalized spacial score (nSPS) is 22.4. The summed E-state index contributed by atoms with van der Waals surface area (Å²) >= 11 is 1.88. The lowest BCUT2D eigenvalue weighted by Crippen LogP contribution is -2.39. The molecule has 1 unspecified atom stereocenters. The molecule has 0 aromatic carbocycles. The van der Waals surface area contributed by atoms with Gasteiger partial charge in [-0.3, -0.25) is 0 Å². The van der Waals surface area contributed by atoms with Crippen molar-refractivity contribution in [1.29, 1.82) is 0 Å². The molecule has 3 heteroatoms. The molecule has 19 heavy (non-hydrogen) atoms. The second-order valence-electron chi connectivity index (χ2n) is 6.30.